The number of aliphatic carboxylic acids is 1. The molecule has 0 radical (unpaired) electrons. The van der Waals surface area contributed by atoms with Gasteiger partial charge in [0.2, 0.25) is 24.1 Å². The van der Waals surface area contributed by atoms with Crippen molar-refractivity contribution in [1.29, 1.82) is 0 Å². The number of carbonyl (C=O) groups excluding carboxylic acids is 6. The van der Waals surface area contributed by atoms with Crippen molar-refractivity contribution in [2.24, 2.45) is 11.8 Å². The quantitative estimate of drug-likeness (QED) is 0.0179. The van der Waals surface area contributed by atoms with Crippen molar-refractivity contribution >= 4 is 41.7 Å². The molecule has 18 heteroatoms. The number of ketones is 2. The van der Waals surface area contributed by atoms with Crippen LogP contribution in [0.2, 0.25) is 0 Å². The number of carboxylic acid groups (broad SMARTS) is 1. The highest BCUT2D eigenvalue weighted by atomic mass is 16.5. The van der Waals surface area contributed by atoms with E-state index >= 15 is 0 Å². The lowest BCUT2D eigenvalue weighted by atomic mass is 9.92. The summed E-state index contributed by atoms with van der Waals surface area (Å²) in [7, 11) is 0. The van der Waals surface area contributed by atoms with Crippen LogP contribution in [0.15, 0.2) is 24.3 Å². The second kappa shape index (κ2) is 22.1. The highest BCUT2D eigenvalue weighted by Crippen LogP contribution is 2.20. The van der Waals surface area contributed by atoms with Crippen LogP contribution in [0.25, 0.3) is 0 Å². The van der Waals surface area contributed by atoms with Gasteiger partial charge in [0.1, 0.15) is 17.8 Å². The molecule has 0 aliphatic carbocycles. The number of rotatable bonds is 25. The number of hydrogen-bond donors (Lipinski definition) is 10. The van der Waals surface area contributed by atoms with Crippen molar-refractivity contribution in [2.75, 3.05) is 32.8 Å². The van der Waals surface area contributed by atoms with E-state index in [0.29, 0.717) is 5.06 Å². The van der Waals surface area contributed by atoms with Crippen LogP contribution in [-0.2, 0) is 28.8 Å². The molecule has 1 aromatic rings. The summed E-state index contributed by atoms with van der Waals surface area (Å²) in [6, 6.07) is 2.81. The number of hydrogen-bond acceptors (Lipinski definition) is 13. The third kappa shape index (κ3) is 15.1. The fourth-order valence-electron chi connectivity index (χ4n) is 4.42. The number of hydroxylamine groups is 3. The zero-order valence-electron chi connectivity index (χ0n) is 25.7. The van der Waals surface area contributed by atoms with Crippen LogP contribution in [-0.4, -0.2) is 123 Å². The van der Waals surface area contributed by atoms with Crippen molar-refractivity contribution in [1.82, 2.24) is 26.5 Å². The molecule has 1 rings (SSSR count). The topological polar surface area (TPSA) is 292 Å². The first-order valence-corrected chi connectivity index (χ1v) is 14.8. The molecule has 0 bridgehead atoms. The minimum Gasteiger partial charge on any atom is -0.507 e. The van der Waals surface area contributed by atoms with Gasteiger partial charge in [-0.05, 0) is 37.8 Å². The summed E-state index contributed by atoms with van der Waals surface area (Å²) >= 11 is 0. The maximum Gasteiger partial charge on any atom is 0.305 e. The zero-order valence-corrected chi connectivity index (χ0v) is 25.7. The molecule has 18 nitrogen and oxygen atoms in total. The number of nitrogens with one attached hydrogen (secondary N) is 4. The lowest BCUT2D eigenvalue weighted by Gasteiger charge is -2.24. The van der Waals surface area contributed by atoms with Crippen molar-refractivity contribution in [2.45, 2.75) is 57.0 Å². The fraction of sp³-hybridized carbons (Fsp3) is 0.552. The number of aliphatic hydroxyl groups excluding tert-OH is 2. The molecule has 0 saturated carbocycles. The van der Waals surface area contributed by atoms with E-state index in [1.807, 2.05) is 5.48 Å². The van der Waals surface area contributed by atoms with E-state index in [1.54, 1.807) is 0 Å². The second-order valence-corrected chi connectivity index (χ2v) is 10.6. The number of para-hydroxylation sites is 1. The summed E-state index contributed by atoms with van der Waals surface area (Å²) in [6.07, 6.45) is -1.26. The Balaban J connectivity index is 3.06. The van der Waals surface area contributed by atoms with Crippen LogP contribution < -0.4 is 21.4 Å². The predicted octanol–water partition coefficient (Wildman–Crippen LogP) is -1.91. The van der Waals surface area contributed by atoms with E-state index in [4.69, 9.17) is 10.3 Å². The van der Waals surface area contributed by atoms with Gasteiger partial charge in [0.05, 0.1) is 31.1 Å². The van der Waals surface area contributed by atoms with E-state index in [2.05, 4.69) is 16.0 Å². The number of aromatic hydroxyl groups is 1. The minimum atomic E-state index is -1.57. The fourth-order valence-corrected chi connectivity index (χ4v) is 4.42. The van der Waals surface area contributed by atoms with Crippen LogP contribution in [0.1, 0.15) is 55.3 Å². The van der Waals surface area contributed by atoms with Crippen LogP contribution in [0.5, 0.6) is 5.75 Å². The van der Waals surface area contributed by atoms with Crippen molar-refractivity contribution in [3.63, 3.8) is 0 Å². The Morgan fingerprint density at radius 1 is 0.830 bits per heavy atom. The maximum atomic E-state index is 13.3. The molecule has 4 amide bonds. The minimum absolute atomic E-state index is 0.00573. The van der Waals surface area contributed by atoms with Gasteiger partial charge in [-0.1, -0.05) is 12.1 Å². The number of benzene rings is 1. The molecule has 0 aliphatic heterocycles. The molecule has 0 saturated heterocycles. The Kier molecular flexibility index (Phi) is 19.1. The molecule has 1 aromatic carbocycles. The van der Waals surface area contributed by atoms with Crippen LogP contribution >= 0.6 is 0 Å². The number of nitrogens with zero attached hydrogens (tertiary/aromatic N) is 1. The number of phenols is 1. The summed E-state index contributed by atoms with van der Waals surface area (Å²) in [5.74, 6) is -8.02. The third-order valence-corrected chi connectivity index (χ3v) is 7.05. The Hall–Kier alpha value is -4.49. The summed E-state index contributed by atoms with van der Waals surface area (Å²) in [6.45, 7) is -2.11. The molecule has 0 heterocycles. The highest BCUT2D eigenvalue weighted by molar-refractivity contribution is 6.01. The molecule has 10 N–H and O–H groups in total. The van der Waals surface area contributed by atoms with E-state index in [0.717, 1.165) is 0 Å². The van der Waals surface area contributed by atoms with Gasteiger partial charge in [-0.25, -0.2) is 10.5 Å². The van der Waals surface area contributed by atoms with Gasteiger partial charge in [0.15, 0.2) is 11.6 Å². The Bertz CT molecular complexity index is 1210. The normalized spacial score (nSPS) is 13.4. The molecule has 0 spiro atoms. The number of phenolic OH excluding ortho intramolecular Hbond substituents is 1. The van der Waals surface area contributed by atoms with Gasteiger partial charge < -0.3 is 41.6 Å². The lowest BCUT2D eigenvalue weighted by molar-refractivity contribution is -0.150. The summed E-state index contributed by atoms with van der Waals surface area (Å²) < 4.78 is 0. The van der Waals surface area contributed by atoms with E-state index < -0.39 is 85.2 Å². The Morgan fingerprint density at radius 3 is 2.09 bits per heavy atom. The van der Waals surface area contributed by atoms with Crippen LogP contribution in [0, 0.1) is 11.8 Å². The van der Waals surface area contributed by atoms with E-state index in [-0.39, 0.29) is 69.5 Å². The SMILES string of the molecule is O=CN(O)CCC[C@@H](CC(=O)[C@H](CO)NC(=O)[C@H](CO)CC(=O)c1ccccc1O)C(=O)N[C@H](CCCNO)C(=O)NCCC(=O)O. The highest BCUT2D eigenvalue weighted by Gasteiger charge is 2.32. The molecule has 0 fully saturated rings. The van der Waals surface area contributed by atoms with Crippen LogP contribution in [0.3, 0.4) is 0 Å². The molecule has 4 atom stereocenters. The largest absolute Gasteiger partial charge is 0.507 e. The number of amides is 4. The van der Waals surface area contributed by atoms with E-state index in [1.165, 1.54) is 24.3 Å². The van der Waals surface area contributed by atoms with E-state index in [9.17, 15) is 54.1 Å². The third-order valence-electron chi connectivity index (χ3n) is 7.05. The second-order valence-electron chi connectivity index (χ2n) is 10.6. The first-order chi connectivity index (χ1) is 22.4. The number of Topliss-reactive ketones (excluding diaryl/α,β-unsaturated/α-hetero) is 2. The van der Waals surface area contributed by atoms with Gasteiger partial charge in [0.25, 0.3) is 0 Å². The lowest BCUT2D eigenvalue weighted by Crippen LogP contribution is -2.50. The summed E-state index contributed by atoms with van der Waals surface area (Å²) in [4.78, 5) is 86.3. The monoisotopic (exact) mass is 669 g/mol. The van der Waals surface area contributed by atoms with Gasteiger partial charge in [-0.2, -0.15) is 0 Å². The molecule has 262 valence electrons. The molecule has 0 aliphatic rings. The molecule has 0 aromatic heterocycles. The maximum absolute atomic E-state index is 13.3. The van der Waals surface area contributed by atoms with Crippen molar-refractivity contribution in [3.8, 4) is 5.75 Å². The number of carbonyl (C=O) groups is 7. The van der Waals surface area contributed by atoms with Crippen molar-refractivity contribution in [3.05, 3.63) is 29.8 Å². The number of aliphatic hydroxyl groups is 2. The van der Waals surface area contributed by atoms with Gasteiger partial charge >= 0.3 is 5.97 Å². The Labute approximate surface area is 270 Å². The first-order valence-electron chi connectivity index (χ1n) is 14.8. The van der Waals surface area contributed by atoms with Gasteiger partial charge in [0, 0.05) is 38.4 Å². The average Bonchev–Trinajstić information content (AvgIpc) is 3.04. The molecular weight excluding hydrogens is 626 g/mol. The predicted molar refractivity (Wildman–Crippen MR) is 160 cm³/mol. The zero-order chi connectivity index (χ0) is 35.4. The van der Waals surface area contributed by atoms with Crippen molar-refractivity contribution < 1.29 is 64.4 Å². The summed E-state index contributed by atoms with van der Waals surface area (Å²) in [5.41, 5.74) is 1.82. The standard InChI is InChI=1S/C29H43N5O13/c35-15-19(14-24(39)20-6-1-2-8-23(20)38)28(44)33-22(16-36)25(40)13-18(5-4-12-34(47)17-37)27(43)32-21(7-3-10-31-46)29(45)30-11-9-26(41)42/h1-2,6,8,17-19,21-22,31,35-36,38,46-47H,3-5,7,9-16H2,(H,30,45)(H,32,43)(H,33,44)(H,41,42)/t18-,19-,21+,22-/m0/s1. The number of carboxylic acids is 1. The average molecular weight is 670 g/mol. The molecule has 47 heavy (non-hydrogen) atoms. The smallest absolute Gasteiger partial charge is 0.305 e. The molecular formula is C29H43N5O13. The Morgan fingerprint density at radius 2 is 1.49 bits per heavy atom. The van der Waals surface area contributed by atoms with Crippen LogP contribution in [0.4, 0.5) is 0 Å². The first kappa shape index (κ1) is 40.5. The van der Waals surface area contributed by atoms with Gasteiger partial charge in [-0.3, -0.25) is 38.8 Å². The van der Waals surface area contributed by atoms with Gasteiger partial charge in [-0.15, -0.1) is 0 Å². The summed E-state index contributed by atoms with van der Waals surface area (Å²) in [5, 5.41) is 64.1. The molecule has 0 unspecified atom stereocenters.